The van der Waals surface area contributed by atoms with Crippen LogP contribution in [0.3, 0.4) is 0 Å². The van der Waals surface area contributed by atoms with Gasteiger partial charge in [0.2, 0.25) is 5.91 Å². The van der Waals surface area contributed by atoms with Gasteiger partial charge in [-0.1, -0.05) is 0 Å². The summed E-state index contributed by atoms with van der Waals surface area (Å²) >= 11 is 0. The van der Waals surface area contributed by atoms with Gasteiger partial charge in [0.15, 0.2) is 0 Å². The summed E-state index contributed by atoms with van der Waals surface area (Å²) in [5, 5.41) is 12.6. The number of nitriles is 1. The third kappa shape index (κ3) is 4.31. The number of likely N-dealkylation sites (N-methyl/N-ethyl adjacent to an activating group) is 1. The predicted molar refractivity (Wildman–Crippen MR) is 98.7 cm³/mol. The summed E-state index contributed by atoms with van der Waals surface area (Å²) in [7, 11) is 3.49. The van der Waals surface area contributed by atoms with Crippen LogP contribution in [0.25, 0.3) is 10.9 Å². The van der Waals surface area contributed by atoms with E-state index in [1.807, 2.05) is 0 Å². The first kappa shape index (κ1) is 19.0. The molecule has 1 N–H and O–H groups in total. The number of nitrogens with zero attached hydrogens (tertiary/aromatic N) is 4. The first-order chi connectivity index (χ1) is 12.8. The molecule has 1 fully saturated rings. The minimum absolute atomic E-state index is 0.145. The molecule has 27 heavy (non-hydrogen) atoms. The fourth-order valence-corrected chi connectivity index (χ4v) is 3.46. The maximum absolute atomic E-state index is 14.4. The first-order valence-corrected chi connectivity index (χ1v) is 8.64. The molecule has 2 heterocycles. The Labute approximate surface area is 156 Å². The van der Waals surface area contributed by atoms with Crippen molar-refractivity contribution in [3.8, 4) is 6.07 Å². The number of piperidine rings is 1. The molecule has 2 aromatic rings. The maximum Gasteiger partial charge on any atom is 0.267 e. The van der Waals surface area contributed by atoms with Crippen molar-refractivity contribution in [2.45, 2.75) is 18.4 Å². The van der Waals surface area contributed by atoms with Crippen molar-refractivity contribution >= 4 is 22.5 Å². The van der Waals surface area contributed by atoms with Gasteiger partial charge in [-0.2, -0.15) is 5.26 Å². The molecule has 1 atom stereocenters. The fraction of sp³-hybridized carbons (Fsp3) is 0.421. The van der Waals surface area contributed by atoms with Gasteiger partial charge in [0.1, 0.15) is 6.07 Å². The van der Waals surface area contributed by atoms with Crippen molar-refractivity contribution < 1.29 is 13.6 Å². The highest BCUT2D eigenvalue weighted by Crippen LogP contribution is 2.34. The molecule has 6 nitrogen and oxygen atoms in total. The Balaban J connectivity index is 1.91. The zero-order valence-corrected chi connectivity index (χ0v) is 15.2. The minimum atomic E-state index is -2.93. The van der Waals surface area contributed by atoms with E-state index >= 15 is 0 Å². The van der Waals surface area contributed by atoms with Crippen LogP contribution in [0.5, 0.6) is 0 Å². The highest BCUT2D eigenvalue weighted by Gasteiger charge is 2.41. The lowest BCUT2D eigenvalue weighted by Crippen LogP contribution is -2.56. The van der Waals surface area contributed by atoms with E-state index in [2.05, 4.69) is 16.4 Å². The van der Waals surface area contributed by atoms with Gasteiger partial charge in [0.05, 0.1) is 30.2 Å². The Hall–Kier alpha value is -2.79. The van der Waals surface area contributed by atoms with Gasteiger partial charge in [-0.25, -0.2) is 8.78 Å². The normalized spacial score (nSPS) is 19.1. The lowest BCUT2D eigenvalue weighted by molar-refractivity contribution is -0.123. The second-order valence-electron chi connectivity index (χ2n) is 7.09. The molecule has 0 unspecified atom stereocenters. The summed E-state index contributed by atoms with van der Waals surface area (Å²) < 4.78 is 28.8. The van der Waals surface area contributed by atoms with Crippen molar-refractivity contribution in [1.82, 2.24) is 15.2 Å². The number of carbonyl (C=O) groups excluding carboxylic acids is 1. The van der Waals surface area contributed by atoms with E-state index < -0.39 is 24.9 Å². The molecule has 1 aromatic heterocycles. The number of amides is 1. The number of hydrogen-bond donors (Lipinski definition) is 1. The lowest BCUT2D eigenvalue weighted by Gasteiger charge is -2.39. The van der Waals surface area contributed by atoms with Gasteiger partial charge in [-0.15, -0.1) is 0 Å². The van der Waals surface area contributed by atoms with Crippen LogP contribution in [0.4, 0.5) is 14.5 Å². The number of hydrogen-bond acceptors (Lipinski definition) is 5. The quantitative estimate of drug-likeness (QED) is 0.888. The molecular weight excluding hydrogens is 352 g/mol. The van der Waals surface area contributed by atoms with Crippen LogP contribution in [0.15, 0.2) is 30.5 Å². The average Bonchev–Trinajstić information content (AvgIpc) is 2.58. The number of alkyl halides is 2. The number of rotatable bonds is 4. The van der Waals surface area contributed by atoms with Crippen LogP contribution in [-0.4, -0.2) is 61.5 Å². The van der Waals surface area contributed by atoms with E-state index in [-0.39, 0.29) is 19.0 Å². The second kappa shape index (κ2) is 7.45. The predicted octanol–water partition coefficient (Wildman–Crippen LogP) is 2.00. The zero-order valence-electron chi connectivity index (χ0n) is 15.2. The Morgan fingerprint density at radius 2 is 2.22 bits per heavy atom. The smallest absolute Gasteiger partial charge is 0.267 e. The minimum Gasteiger partial charge on any atom is -0.363 e. The van der Waals surface area contributed by atoms with Gasteiger partial charge in [0.25, 0.3) is 5.92 Å². The molecule has 1 aliphatic rings. The Morgan fingerprint density at radius 1 is 1.44 bits per heavy atom. The lowest BCUT2D eigenvalue weighted by atomic mass is 9.99. The summed E-state index contributed by atoms with van der Waals surface area (Å²) in [5.74, 6) is -3.22. The van der Waals surface area contributed by atoms with E-state index in [0.717, 1.165) is 0 Å². The van der Waals surface area contributed by atoms with Crippen molar-refractivity contribution in [3.63, 3.8) is 0 Å². The summed E-state index contributed by atoms with van der Waals surface area (Å²) in [6.45, 7) is -0.0284. The number of fused-ring (bicyclic) bond motifs is 1. The maximum atomic E-state index is 14.4. The molecule has 1 saturated heterocycles. The molecular formula is C19H21F2N5O. The van der Waals surface area contributed by atoms with Gasteiger partial charge < -0.3 is 15.1 Å². The summed E-state index contributed by atoms with van der Waals surface area (Å²) in [4.78, 5) is 19.5. The monoisotopic (exact) mass is 373 g/mol. The molecule has 3 rings (SSSR count). The highest BCUT2D eigenvalue weighted by molar-refractivity contribution is 5.95. The summed E-state index contributed by atoms with van der Waals surface area (Å²) in [5.41, 5.74) is 1.47. The molecule has 8 heteroatoms. The van der Waals surface area contributed by atoms with E-state index in [0.29, 0.717) is 22.2 Å². The molecule has 0 spiro atoms. The van der Waals surface area contributed by atoms with Crippen molar-refractivity contribution in [2.24, 2.45) is 0 Å². The number of halogens is 2. The number of nitrogens with one attached hydrogen (secondary N) is 1. The average molecular weight is 373 g/mol. The molecule has 1 amide bonds. The first-order valence-electron chi connectivity index (χ1n) is 8.64. The van der Waals surface area contributed by atoms with E-state index in [1.165, 1.54) is 0 Å². The van der Waals surface area contributed by atoms with Gasteiger partial charge in [-0.05, 0) is 38.4 Å². The Morgan fingerprint density at radius 3 is 2.93 bits per heavy atom. The topological polar surface area (TPSA) is 72.3 Å². The number of benzene rings is 1. The molecule has 0 aliphatic carbocycles. The molecule has 0 saturated carbocycles. The van der Waals surface area contributed by atoms with Crippen LogP contribution in [-0.2, 0) is 4.79 Å². The Kier molecular flexibility index (Phi) is 5.24. The SMILES string of the molecule is CN(C)CC(=O)N[C@@H]1CN(c2ccc(C#N)c3ncccc23)CC(F)(F)C1. The standard InChI is InChI=1S/C19H21F2N5O/c1-25(2)11-17(27)24-14-8-19(20,21)12-26(10-14)16-6-5-13(9-22)18-15(16)4-3-7-23-18/h3-7,14H,8,10-12H2,1-2H3,(H,24,27)/t14-/m0/s1. The number of anilines is 1. The second-order valence-corrected chi connectivity index (χ2v) is 7.09. The number of pyridine rings is 1. The highest BCUT2D eigenvalue weighted by atomic mass is 19.3. The van der Waals surface area contributed by atoms with Gasteiger partial charge in [0, 0.05) is 30.2 Å². The molecule has 1 aromatic carbocycles. The molecule has 0 bridgehead atoms. The summed E-state index contributed by atoms with van der Waals surface area (Å²) in [6.07, 6.45) is 1.18. The molecule has 1 aliphatic heterocycles. The largest absolute Gasteiger partial charge is 0.363 e. The van der Waals surface area contributed by atoms with Crippen molar-refractivity contribution in [3.05, 3.63) is 36.0 Å². The Bertz CT molecular complexity index is 893. The summed E-state index contributed by atoms with van der Waals surface area (Å²) in [6, 6.07) is 8.16. The van der Waals surface area contributed by atoms with Crippen LogP contribution >= 0.6 is 0 Å². The van der Waals surface area contributed by atoms with Crippen LogP contribution in [0.1, 0.15) is 12.0 Å². The number of aromatic nitrogens is 1. The third-order valence-electron chi connectivity index (χ3n) is 4.44. The molecule has 142 valence electrons. The van der Waals surface area contributed by atoms with Crippen LogP contribution in [0.2, 0.25) is 0 Å². The third-order valence-corrected chi connectivity index (χ3v) is 4.44. The van der Waals surface area contributed by atoms with E-state index in [9.17, 15) is 18.8 Å². The van der Waals surface area contributed by atoms with Crippen molar-refractivity contribution in [1.29, 1.82) is 5.26 Å². The van der Waals surface area contributed by atoms with Crippen molar-refractivity contribution in [2.75, 3.05) is 38.6 Å². The van der Waals surface area contributed by atoms with Gasteiger partial charge in [-0.3, -0.25) is 9.78 Å². The van der Waals surface area contributed by atoms with Crippen LogP contribution < -0.4 is 10.2 Å². The number of carbonyl (C=O) groups is 1. The van der Waals surface area contributed by atoms with Gasteiger partial charge >= 0.3 is 0 Å². The fourth-order valence-electron chi connectivity index (χ4n) is 3.46. The zero-order chi connectivity index (χ0) is 19.6. The van der Waals surface area contributed by atoms with E-state index in [1.54, 1.807) is 54.4 Å². The van der Waals surface area contributed by atoms with Crippen LogP contribution in [0, 0.1) is 11.3 Å². The molecule has 0 radical (unpaired) electrons. The van der Waals surface area contributed by atoms with E-state index in [4.69, 9.17) is 0 Å².